The molecule has 2 amide bonds. The number of carbonyl (C=O) groups excluding carboxylic acids is 2. The molecule has 2 aromatic carbocycles. The van der Waals surface area contributed by atoms with Gasteiger partial charge >= 0.3 is 0 Å². The number of methoxy groups -OCH3 is 2. The summed E-state index contributed by atoms with van der Waals surface area (Å²) in [6.45, 7) is 1.43. The summed E-state index contributed by atoms with van der Waals surface area (Å²) in [4.78, 5) is 23.9. The Bertz CT molecular complexity index is 709. The molecule has 2 N–H and O–H groups in total. The molecule has 0 bridgehead atoms. The van der Waals surface area contributed by atoms with E-state index in [-0.39, 0.29) is 18.2 Å². The van der Waals surface area contributed by atoms with Crippen LogP contribution in [-0.2, 0) is 9.59 Å². The summed E-state index contributed by atoms with van der Waals surface area (Å²) >= 11 is 0. The van der Waals surface area contributed by atoms with Crippen LogP contribution in [-0.4, -0.2) is 26.0 Å². The van der Waals surface area contributed by atoms with E-state index < -0.39 is 6.04 Å². The first kappa shape index (κ1) is 18.3. The Hall–Kier alpha value is -3.02. The second-order valence-corrected chi connectivity index (χ2v) is 5.52. The summed E-state index contributed by atoms with van der Waals surface area (Å²) in [6, 6.07) is 14.1. The molecule has 2 rings (SSSR count). The standard InChI is InChI=1S/C19H22N2O4/c1-13(22)20-18(14-7-5-4-6-8-14)12-19(23)21-15-9-16(24-2)11-17(10-15)25-3/h4-11,18H,12H2,1-3H3,(H,20,22)(H,21,23)/t18-/m1/s1. The normalized spacial score (nSPS) is 11.3. The quantitative estimate of drug-likeness (QED) is 0.811. The molecule has 0 heterocycles. The Balaban J connectivity index is 2.12. The van der Waals surface area contributed by atoms with Crippen LogP contribution in [0.1, 0.15) is 24.9 Å². The number of anilines is 1. The molecule has 0 fully saturated rings. The van der Waals surface area contributed by atoms with Crippen LogP contribution in [0.2, 0.25) is 0 Å². The lowest BCUT2D eigenvalue weighted by molar-refractivity contribution is -0.120. The van der Waals surface area contributed by atoms with Crippen LogP contribution < -0.4 is 20.1 Å². The summed E-state index contributed by atoms with van der Waals surface area (Å²) in [6.07, 6.45) is 0.114. The number of hydrogen-bond donors (Lipinski definition) is 2. The highest BCUT2D eigenvalue weighted by molar-refractivity contribution is 5.92. The summed E-state index contributed by atoms with van der Waals surface area (Å²) < 4.78 is 10.4. The molecule has 6 nitrogen and oxygen atoms in total. The summed E-state index contributed by atoms with van der Waals surface area (Å²) in [5, 5.41) is 5.62. The maximum atomic E-state index is 12.4. The summed E-state index contributed by atoms with van der Waals surface area (Å²) in [5.74, 6) is 0.745. The van der Waals surface area contributed by atoms with Gasteiger partial charge in [0, 0.05) is 30.8 Å². The SMILES string of the molecule is COc1cc(NC(=O)C[C@@H](NC(C)=O)c2ccccc2)cc(OC)c1. The van der Waals surface area contributed by atoms with Crippen LogP contribution >= 0.6 is 0 Å². The van der Waals surface area contributed by atoms with Gasteiger partial charge in [0.15, 0.2) is 0 Å². The number of benzene rings is 2. The van der Waals surface area contributed by atoms with Crippen molar-refractivity contribution in [2.75, 3.05) is 19.5 Å². The van der Waals surface area contributed by atoms with Gasteiger partial charge in [-0.15, -0.1) is 0 Å². The van der Waals surface area contributed by atoms with Gasteiger partial charge in [0.05, 0.1) is 26.7 Å². The molecule has 2 aromatic rings. The predicted molar refractivity (Wildman–Crippen MR) is 95.8 cm³/mol. The van der Waals surface area contributed by atoms with Crippen molar-refractivity contribution in [3.8, 4) is 11.5 Å². The number of rotatable bonds is 7. The zero-order chi connectivity index (χ0) is 18.2. The molecule has 0 aromatic heterocycles. The molecule has 0 radical (unpaired) electrons. The van der Waals surface area contributed by atoms with E-state index in [1.165, 1.54) is 6.92 Å². The minimum absolute atomic E-state index is 0.114. The Morgan fingerprint density at radius 3 is 2.12 bits per heavy atom. The highest BCUT2D eigenvalue weighted by Crippen LogP contribution is 2.26. The molecular formula is C19H22N2O4. The second kappa shape index (κ2) is 8.73. The third-order valence-corrected chi connectivity index (χ3v) is 3.60. The monoisotopic (exact) mass is 342 g/mol. The fraction of sp³-hybridized carbons (Fsp3) is 0.263. The molecular weight excluding hydrogens is 320 g/mol. The molecule has 0 saturated carbocycles. The van der Waals surface area contributed by atoms with E-state index >= 15 is 0 Å². The number of hydrogen-bond acceptors (Lipinski definition) is 4. The third kappa shape index (κ3) is 5.53. The van der Waals surface area contributed by atoms with E-state index in [0.717, 1.165) is 5.56 Å². The van der Waals surface area contributed by atoms with Crippen molar-refractivity contribution in [2.45, 2.75) is 19.4 Å². The highest BCUT2D eigenvalue weighted by atomic mass is 16.5. The van der Waals surface area contributed by atoms with Crippen molar-refractivity contribution in [1.82, 2.24) is 5.32 Å². The van der Waals surface area contributed by atoms with Crippen molar-refractivity contribution >= 4 is 17.5 Å². The van der Waals surface area contributed by atoms with Crippen LogP contribution in [0, 0.1) is 0 Å². The fourth-order valence-electron chi connectivity index (χ4n) is 2.46. The molecule has 1 atom stereocenters. The van der Waals surface area contributed by atoms with Gasteiger partial charge in [-0.25, -0.2) is 0 Å². The topological polar surface area (TPSA) is 76.7 Å². The Labute approximate surface area is 147 Å². The first-order chi connectivity index (χ1) is 12.0. The van der Waals surface area contributed by atoms with Gasteiger partial charge < -0.3 is 20.1 Å². The van der Waals surface area contributed by atoms with Gasteiger partial charge in [-0.3, -0.25) is 9.59 Å². The second-order valence-electron chi connectivity index (χ2n) is 5.52. The zero-order valence-electron chi connectivity index (χ0n) is 14.5. The van der Waals surface area contributed by atoms with Gasteiger partial charge in [0.1, 0.15) is 11.5 Å². The molecule has 0 aliphatic rings. The first-order valence-corrected chi connectivity index (χ1v) is 7.86. The molecule has 0 spiro atoms. The van der Waals surface area contributed by atoms with Gasteiger partial charge in [-0.2, -0.15) is 0 Å². The number of amides is 2. The smallest absolute Gasteiger partial charge is 0.226 e. The molecule has 6 heteroatoms. The van der Waals surface area contributed by atoms with Gasteiger partial charge in [-0.05, 0) is 5.56 Å². The minimum Gasteiger partial charge on any atom is -0.497 e. The largest absolute Gasteiger partial charge is 0.497 e. The molecule has 132 valence electrons. The molecule has 25 heavy (non-hydrogen) atoms. The van der Waals surface area contributed by atoms with E-state index in [1.54, 1.807) is 32.4 Å². The molecule has 0 aliphatic heterocycles. The molecule has 0 unspecified atom stereocenters. The van der Waals surface area contributed by atoms with Crippen molar-refractivity contribution in [3.63, 3.8) is 0 Å². The third-order valence-electron chi connectivity index (χ3n) is 3.60. The van der Waals surface area contributed by atoms with Gasteiger partial charge in [0.2, 0.25) is 11.8 Å². The average Bonchev–Trinajstić information content (AvgIpc) is 2.61. The lowest BCUT2D eigenvalue weighted by Gasteiger charge is -2.18. The van der Waals surface area contributed by atoms with Crippen LogP contribution in [0.25, 0.3) is 0 Å². The minimum atomic E-state index is -0.397. The van der Waals surface area contributed by atoms with Crippen LogP contribution in [0.5, 0.6) is 11.5 Å². The maximum absolute atomic E-state index is 12.4. The highest BCUT2D eigenvalue weighted by Gasteiger charge is 2.17. The predicted octanol–water partition coefficient (Wildman–Crippen LogP) is 2.91. The van der Waals surface area contributed by atoms with E-state index in [4.69, 9.17) is 9.47 Å². The van der Waals surface area contributed by atoms with Crippen molar-refractivity contribution < 1.29 is 19.1 Å². The summed E-state index contributed by atoms with van der Waals surface area (Å²) in [5.41, 5.74) is 1.44. The van der Waals surface area contributed by atoms with Crippen molar-refractivity contribution in [3.05, 3.63) is 54.1 Å². The maximum Gasteiger partial charge on any atom is 0.226 e. The Kier molecular flexibility index (Phi) is 6.39. The zero-order valence-corrected chi connectivity index (χ0v) is 14.5. The van der Waals surface area contributed by atoms with Crippen LogP contribution in [0.15, 0.2) is 48.5 Å². The van der Waals surface area contributed by atoms with Crippen molar-refractivity contribution in [2.24, 2.45) is 0 Å². The summed E-state index contributed by atoms with van der Waals surface area (Å²) in [7, 11) is 3.09. The first-order valence-electron chi connectivity index (χ1n) is 7.86. The Morgan fingerprint density at radius 1 is 1.00 bits per heavy atom. The van der Waals surface area contributed by atoms with E-state index in [2.05, 4.69) is 10.6 Å². The van der Waals surface area contributed by atoms with Gasteiger partial charge in [0.25, 0.3) is 0 Å². The molecule has 0 saturated heterocycles. The average molecular weight is 342 g/mol. The van der Waals surface area contributed by atoms with Crippen molar-refractivity contribution in [1.29, 1.82) is 0 Å². The Morgan fingerprint density at radius 2 is 1.60 bits per heavy atom. The fourth-order valence-corrected chi connectivity index (χ4v) is 2.46. The van der Waals surface area contributed by atoms with Crippen LogP contribution in [0.3, 0.4) is 0 Å². The number of carbonyl (C=O) groups is 2. The number of nitrogens with one attached hydrogen (secondary N) is 2. The number of ether oxygens (including phenoxy) is 2. The van der Waals surface area contributed by atoms with Gasteiger partial charge in [-0.1, -0.05) is 30.3 Å². The van der Waals surface area contributed by atoms with E-state index in [1.807, 2.05) is 30.3 Å². The lowest BCUT2D eigenvalue weighted by atomic mass is 10.0. The van der Waals surface area contributed by atoms with E-state index in [0.29, 0.717) is 17.2 Å². The lowest BCUT2D eigenvalue weighted by Crippen LogP contribution is -2.29. The van der Waals surface area contributed by atoms with E-state index in [9.17, 15) is 9.59 Å². The molecule has 0 aliphatic carbocycles. The van der Waals surface area contributed by atoms with Crippen LogP contribution in [0.4, 0.5) is 5.69 Å².